The highest BCUT2D eigenvalue weighted by atomic mass is 35.5. The molecule has 1 heterocycles. The van der Waals surface area contributed by atoms with Gasteiger partial charge in [-0.15, -0.1) is 0 Å². The van der Waals surface area contributed by atoms with Crippen LogP contribution in [-0.2, 0) is 17.8 Å². The number of rotatable bonds is 10. The number of ether oxygens (including phenoxy) is 1. The number of aliphatic hydroxyl groups is 1. The van der Waals surface area contributed by atoms with Crippen molar-refractivity contribution in [2.24, 2.45) is 5.73 Å². The van der Waals surface area contributed by atoms with Crippen LogP contribution in [0, 0.1) is 5.82 Å². The number of nitrogens with one attached hydrogen (secondary N) is 1. The monoisotopic (exact) mass is 435 g/mol. The Morgan fingerprint density at radius 2 is 2.10 bits per heavy atom. The van der Waals surface area contributed by atoms with Crippen LogP contribution in [0.2, 0.25) is 5.02 Å². The maximum Gasteiger partial charge on any atom is 0.221 e. The summed E-state index contributed by atoms with van der Waals surface area (Å²) >= 11 is 5.93. The molecular weight excluding hydrogens is 409 g/mol. The Balaban J connectivity index is 1.41. The summed E-state index contributed by atoms with van der Waals surface area (Å²) in [5, 5.41) is 14.3. The summed E-state index contributed by atoms with van der Waals surface area (Å²) in [5.74, 6) is -0.779. The third-order valence-corrected chi connectivity index (χ3v) is 5.31. The lowest BCUT2D eigenvalue weighted by Crippen LogP contribution is -2.39. The number of carbonyl (C=O) groups excluding carboxylic acids is 1. The Labute approximate surface area is 180 Å². The van der Waals surface area contributed by atoms with Gasteiger partial charge in [0.05, 0.1) is 6.42 Å². The third kappa shape index (κ3) is 6.95. The number of aliphatic hydroxyl groups excluding tert-OH is 1. The minimum atomic E-state index is -0.764. The third-order valence-electron chi connectivity index (χ3n) is 5.06. The molecule has 0 unspecified atom stereocenters. The van der Waals surface area contributed by atoms with E-state index in [9.17, 15) is 14.3 Å². The molecular formula is C22H27ClFN3O3. The smallest absolute Gasteiger partial charge is 0.221 e. The lowest BCUT2D eigenvalue weighted by atomic mass is 10.1. The van der Waals surface area contributed by atoms with Crippen LogP contribution in [0.1, 0.15) is 17.5 Å². The van der Waals surface area contributed by atoms with Crippen molar-refractivity contribution in [2.75, 3.05) is 26.2 Å². The first kappa shape index (κ1) is 22.5. The molecule has 2 aromatic rings. The van der Waals surface area contributed by atoms with Crippen molar-refractivity contribution in [3.63, 3.8) is 0 Å². The van der Waals surface area contributed by atoms with Gasteiger partial charge in [0.15, 0.2) is 0 Å². The molecule has 30 heavy (non-hydrogen) atoms. The number of nitrogens with two attached hydrogens (primary N) is 1. The van der Waals surface area contributed by atoms with E-state index in [-0.39, 0.29) is 24.8 Å². The highest BCUT2D eigenvalue weighted by Crippen LogP contribution is 2.21. The molecule has 1 amide bonds. The predicted octanol–water partition coefficient (Wildman–Crippen LogP) is 2.11. The van der Waals surface area contributed by atoms with Gasteiger partial charge in [-0.25, -0.2) is 4.39 Å². The van der Waals surface area contributed by atoms with Crippen LogP contribution in [0.3, 0.4) is 0 Å². The van der Waals surface area contributed by atoms with Gasteiger partial charge in [0.25, 0.3) is 0 Å². The molecule has 0 saturated carbocycles. The average molecular weight is 436 g/mol. The molecule has 8 heteroatoms. The fraction of sp³-hybridized carbons (Fsp3) is 0.409. The zero-order valence-corrected chi connectivity index (χ0v) is 17.4. The molecule has 1 saturated heterocycles. The summed E-state index contributed by atoms with van der Waals surface area (Å²) in [6.07, 6.45) is 0.184. The van der Waals surface area contributed by atoms with E-state index in [1.165, 1.54) is 23.8 Å². The fourth-order valence-electron chi connectivity index (χ4n) is 3.53. The fourth-order valence-corrected chi connectivity index (χ4v) is 3.66. The van der Waals surface area contributed by atoms with E-state index >= 15 is 0 Å². The van der Waals surface area contributed by atoms with Gasteiger partial charge in [0.2, 0.25) is 5.91 Å². The second-order valence-corrected chi connectivity index (χ2v) is 8.05. The van der Waals surface area contributed by atoms with Crippen LogP contribution in [-0.4, -0.2) is 54.3 Å². The molecule has 0 bridgehead atoms. The molecule has 162 valence electrons. The van der Waals surface area contributed by atoms with Crippen molar-refractivity contribution in [3.05, 3.63) is 64.4 Å². The SMILES string of the molecule is NC(=O)Cc1ccc(F)cc1OC[C@@H](O)CN[C@@H]1CCN(Cc2ccc(Cl)cc2)C1. The molecule has 0 radical (unpaired) electrons. The number of primary amides is 1. The molecule has 2 aromatic carbocycles. The van der Waals surface area contributed by atoms with E-state index in [0.717, 1.165) is 31.1 Å². The molecule has 0 aromatic heterocycles. The van der Waals surface area contributed by atoms with E-state index in [1.807, 2.05) is 24.3 Å². The minimum absolute atomic E-state index is 0.0105. The molecule has 6 nitrogen and oxygen atoms in total. The zero-order valence-electron chi connectivity index (χ0n) is 16.7. The Morgan fingerprint density at radius 1 is 1.33 bits per heavy atom. The first-order valence-electron chi connectivity index (χ1n) is 9.97. The molecule has 0 spiro atoms. The molecule has 1 aliphatic heterocycles. The largest absolute Gasteiger partial charge is 0.490 e. The van der Waals surface area contributed by atoms with Crippen molar-refractivity contribution >= 4 is 17.5 Å². The topological polar surface area (TPSA) is 87.8 Å². The number of hydrogen-bond donors (Lipinski definition) is 3. The van der Waals surface area contributed by atoms with Gasteiger partial charge >= 0.3 is 0 Å². The summed E-state index contributed by atoms with van der Waals surface area (Å²) in [7, 11) is 0. The van der Waals surface area contributed by atoms with E-state index in [1.54, 1.807) is 0 Å². The van der Waals surface area contributed by atoms with Gasteiger partial charge in [0, 0.05) is 48.9 Å². The Morgan fingerprint density at radius 3 is 2.83 bits per heavy atom. The maximum atomic E-state index is 13.5. The van der Waals surface area contributed by atoms with E-state index in [2.05, 4.69) is 10.2 Å². The number of nitrogens with zero attached hydrogens (tertiary/aromatic N) is 1. The van der Waals surface area contributed by atoms with Gasteiger partial charge < -0.3 is 20.9 Å². The summed E-state index contributed by atoms with van der Waals surface area (Å²) < 4.78 is 19.0. The van der Waals surface area contributed by atoms with Crippen LogP contribution in [0.4, 0.5) is 4.39 Å². The summed E-state index contributed by atoms with van der Waals surface area (Å²) in [6, 6.07) is 12.0. The van der Waals surface area contributed by atoms with Crippen LogP contribution in [0.5, 0.6) is 5.75 Å². The first-order chi connectivity index (χ1) is 14.4. The van der Waals surface area contributed by atoms with Gasteiger partial charge in [-0.1, -0.05) is 29.8 Å². The highest BCUT2D eigenvalue weighted by molar-refractivity contribution is 6.30. The van der Waals surface area contributed by atoms with Gasteiger partial charge in [-0.2, -0.15) is 0 Å². The van der Waals surface area contributed by atoms with Gasteiger partial charge in [-0.05, 0) is 30.2 Å². The molecule has 2 atom stereocenters. The second kappa shape index (κ2) is 10.7. The van der Waals surface area contributed by atoms with Crippen molar-refractivity contribution in [1.29, 1.82) is 0 Å². The van der Waals surface area contributed by atoms with Crippen molar-refractivity contribution in [1.82, 2.24) is 10.2 Å². The molecule has 1 fully saturated rings. The molecule has 4 N–H and O–H groups in total. The van der Waals surface area contributed by atoms with Gasteiger partial charge in [-0.3, -0.25) is 9.69 Å². The molecule has 0 aliphatic carbocycles. The van der Waals surface area contributed by atoms with Crippen LogP contribution in [0.25, 0.3) is 0 Å². The molecule has 1 aliphatic rings. The lowest BCUT2D eigenvalue weighted by molar-refractivity contribution is -0.117. The Hall–Kier alpha value is -2.19. The van der Waals surface area contributed by atoms with Crippen LogP contribution in [0.15, 0.2) is 42.5 Å². The Kier molecular flexibility index (Phi) is 8.04. The van der Waals surface area contributed by atoms with Crippen LogP contribution < -0.4 is 15.8 Å². The van der Waals surface area contributed by atoms with E-state index in [0.29, 0.717) is 12.1 Å². The van der Waals surface area contributed by atoms with E-state index < -0.39 is 17.8 Å². The normalized spacial score (nSPS) is 17.8. The lowest BCUT2D eigenvalue weighted by Gasteiger charge is -2.19. The van der Waals surface area contributed by atoms with Crippen molar-refractivity contribution < 1.29 is 19.0 Å². The predicted molar refractivity (Wildman–Crippen MR) is 114 cm³/mol. The summed E-state index contributed by atoms with van der Waals surface area (Å²) in [5.41, 5.74) is 6.93. The standard InChI is InChI=1S/C22H27ClFN3O3/c23-17-4-1-15(2-5-17)12-27-8-7-19(13-27)26-11-20(28)14-30-21-10-18(24)6-3-16(21)9-22(25)29/h1-6,10,19-20,26,28H,7-9,11-14H2,(H2,25,29)/t19-,20+/m1/s1. The Bertz CT molecular complexity index is 850. The van der Waals surface area contributed by atoms with Crippen molar-refractivity contribution in [3.8, 4) is 5.75 Å². The molecule has 3 rings (SSSR count). The number of carbonyl (C=O) groups is 1. The van der Waals surface area contributed by atoms with Gasteiger partial charge in [0.1, 0.15) is 24.3 Å². The zero-order chi connectivity index (χ0) is 21.5. The number of benzene rings is 2. The first-order valence-corrected chi connectivity index (χ1v) is 10.3. The maximum absolute atomic E-state index is 13.5. The van der Waals surface area contributed by atoms with E-state index in [4.69, 9.17) is 22.1 Å². The number of likely N-dealkylation sites (tertiary alicyclic amines) is 1. The van der Waals surface area contributed by atoms with Crippen LogP contribution >= 0.6 is 11.6 Å². The summed E-state index contributed by atoms with van der Waals surface area (Å²) in [6.45, 7) is 3.09. The highest BCUT2D eigenvalue weighted by Gasteiger charge is 2.23. The number of amides is 1. The minimum Gasteiger partial charge on any atom is -0.490 e. The van der Waals surface area contributed by atoms with Crippen molar-refractivity contribution in [2.45, 2.75) is 31.5 Å². The number of hydrogen-bond acceptors (Lipinski definition) is 5. The second-order valence-electron chi connectivity index (χ2n) is 7.62. The summed E-state index contributed by atoms with van der Waals surface area (Å²) in [4.78, 5) is 13.5. The quantitative estimate of drug-likeness (QED) is 0.532. The number of halogens is 2. The average Bonchev–Trinajstić information content (AvgIpc) is 3.15.